The standard InChI is InChI=1S/C29H29ClF2N6O3/c1-2-33-28(40)22-12-11-20(15-34-22)38-24-6-4-3-5-23(24)37(29(38)41)16-17-7-9-19(10-8-17)36-27(39)21-13-18(30)14-35-25(21)26(31)32/h3-6,11-15,17,19,26H,2,7-10,16H2,1H3,(H,33,40)(H,36,39). The predicted molar refractivity (Wildman–Crippen MR) is 151 cm³/mol. The fourth-order valence-corrected chi connectivity index (χ4v) is 5.51. The van der Waals surface area contributed by atoms with Gasteiger partial charge in [-0.1, -0.05) is 23.7 Å². The molecule has 0 bridgehead atoms. The van der Waals surface area contributed by atoms with E-state index in [4.69, 9.17) is 11.6 Å². The summed E-state index contributed by atoms with van der Waals surface area (Å²) in [5.41, 5.74) is 1.33. The number of hydrogen-bond acceptors (Lipinski definition) is 5. The molecule has 0 unspecified atom stereocenters. The van der Waals surface area contributed by atoms with Gasteiger partial charge in [-0.2, -0.15) is 0 Å². The van der Waals surface area contributed by atoms with E-state index in [-0.39, 0.29) is 39.8 Å². The zero-order chi connectivity index (χ0) is 29.1. The second kappa shape index (κ2) is 12.2. The fourth-order valence-electron chi connectivity index (χ4n) is 5.35. The Kier molecular flexibility index (Phi) is 8.44. The van der Waals surface area contributed by atoms with Crippen LogP contribution in [0.25, 0.3) is 16.7 Å². The van der Waals surface area contributed by atoms with Crippen LogP contribution in [-0.4, -0.2) is 43.5 Å². The molecule has 3 heterocycles. The van der Waals surface area contributed by atoms with Crippen molar-refractivity contribution in [2.24, 2.45) is 5.92 Å². The fraction of sp³-hybridized carbons (Fsp3) is 0.345. The molecule has 3 aromatic heterocycles. The van der Waals surface area contributed by atoms with Gasteiger partial charge in [0.1, 0.15) is 11.4 Å². The topological polar surface area (TPSA) is 111 Å². The maximum absolute atomic E-state index is 13.6. The summed E-state index contributed by atoms with van der Waals surface area (Å²) in [6, 6.07) is 11.8. The number of aromatic nitrogens is 4. The van der Waals surface area contributed by atoms with Gasteiger partial charge >= 0.3 is 5.69 Å². The number of carbonyl (C=O) groups is 2. The number of pyridine rings is 2. The highest BCUT2D eigenvalue weighted by Crippen LogP contribution is 2.29. The van der Waals surface area contributed by atoms with Crippen molar-refractivity contribution in [2.75, 3.05) is 6.54 Å². The molecule has 0 saturated heterocycles. The molecule has 0 radical (unpaired) electrons. The first-order valence-corrected chi connectivity index (χ1v) is 13.8. The minimum atomic E-state index is -2.89. The molecular weight excluding hydrogens is 554 g/mol. The van der Waals surface area contributed by atoms with Crippen LogP contribution in [0.1, 0.15) is 65.6 Å². The Morgan fingerprint density at radius 3 is 2.41 bits per heavy atom. The summed E-state index contributed by atoms with van der Waals surface area (Å²) in [6.07, 6.45) is 2.51. The number of amides is 2. The average molecular weight is 583 g/mol. The zero-order valence-electron chi connectivity index (χ0n) is 22.3. The maximum Gasteiger partial charge on any atom is 0.333 e. The molecule has 1 fully saturated rings. The van der Waals surface area contributed by atoms with Crippen molar-refractivity contribution in [3.05, 3.63) is 87.3 Å². The van der Waals surface area contributed by atoms with Crippen LogP contribution in [0, 0.1) is 5.92 Å². The summed E-state index contributed by atoms with van der Waals surface area (Å²) < 4.78 is 30.1. The Morgan fingerprint density at radius 2 is 1.76 bits per heavy atom. The predicted octanol–water partition coefficient (Wildman–Crippen LogP) is 4.91. The molecule has 0 atom stereocenters. The molecule has 1 aliphatic rings. The second-order valence-corrected chi connectivity index (χ2v) is 10.5. The molecule has 41 heavy (non-hydrogen) atoms. The van der Waals surface area contributed by atoms with Gasteiger partial charge in [-0.3, -0.25) is 23.7 Å². The summed E-state index contributed by atoms with van der Waals surface area (Å²) in [7, 11) is 0. The van der Waals surface area contributed by atoms with E-state index in [0.717, 1.165) is 30.1 Å². The summed E-state index contributed by atoms with van der Waals surface area (Å²) in [5, 5.41) is 5.67. The van der Waals surface area contributed by atoms with Gasteiger partial charge in [0.2, 0.25) is 0 Å². The largest absolute Gasteiger partial charge is 0.351 e. The Bertz CT molecular complexity index is 1630. The summed E-state index contributed by atoms with van der Waals surface area (Å²) in [6.45, 7) is 2.81. The van der Waals surface area contributed by atoms with E-state index in [0.29, 0.717) is 31.6 Å². The lowest BCUT2D eigenvalue weighted by atomic mass is 9.85. The summed E-state index contributed by atoms with van der Waals surface area (Å²) in [5.74, 6) is -0.716. The molecule has 5 rings (SSSR count). The van der Waals surface area contributed by atoms with Crippen molar-refractivity contribution in [1.29, 1.82) is 0 Å². The highest BCUT2D eigenvalue weighted by molar-refractivity contribution is 6.30. The van der Waals surface area contributed by atoms with E-state index in [1.807, 2.05) is 31.2 Å². The van der Waals surface area contributed by atoms with Crippen LogP contribution in [0.2, 0.25) is 5.02 Å². The Balaban J connectivity index is 1.30. The van der Waals surface area contributed by atoms with Gasteiger partial charge in [-0.05, 0) is 68.9 Å². The van der Waals surface area contributed by atoms with Gasteiger partial charge in [0.25, 0.3) is 18.2 Å². The number of fused-ring (bicyclic) bond motifs is 1. The average Bonchev–Trinajstić information content (AvgIpc) is 3.24. The van der Waals surface area contributed by atoms with E-state index >= 15 is 0 Å². The lowest BCUT2D eigenvalue weighted by Crippen LogP contribution is -2.39. The van der Waals surface area contributed by atoms with E-state index in [2.05, 4.69) is 20.6 Å². The minimum absolute atomic E-state index is 0.113. The van der Waals surface area contributed by atoms with Crippen LogP contribution >= 0.6 is 11.6 Å². The van der Waals surface area contributed by atoms with Crippen LogP contribution in [0.4, 0.5) is 8.78 Å². The Morgan fingerprint density at radius 1 is 1.02 bits per heavy atom. The third kappa shape index (κ3) is 6.00. The number of halogens is 3. The Hall–Kier alpha value is -4.12. The monoisotopic (exact) mass is 582 g/mol. The third-order valence-electron chi connectivity index (χ3n) is 7.37. The van der Waals surface area contributed by atoms with Gasteiger partial charge in [-0.25, -0.2) is 18.6 Å². The molecule has 0 spiro atoms. The molecule has 214 valence electrons. The van der Waals surface area contributed by atoms with Crippen molar-refractivity contribution in [3.63, 3.8) is 0 Å². The van der Waals surface area contributed by atoms with Crippen molar-refractivity contribution in [2.45, 2.75) is 51.6 Å². The minimum Gasteiger partial charge on any atom is -0.351 e. The lowest BCUT2D eigenvalue weighted by Gasteiger charge is -2.29. The SMILES string of the molecule is CCNC(=O)c1ccc(-n2c(=O)n(CC3CCC(NC(=O)c4cc(Cl)cnc4C(F)F)CC3)c3ccccc32)cn1. The zero-order valence-corrected chi connectivity index (χ0v) is 23.1. The molecule has 1 saturated carbocycles. The first-order valence-electron chi connectivity index (χ1n) is 13.5. The van der Waals surface area contributed by atoms with Crippen molar-refractivity contribution < 1.29 is 18.4 Å². The van der Waals surface area contributed by atoms with Crippen LogP contribution in [0.3, 0.4) is 0 Å². The molecule has 1 aliphatic carbocycles. The first kappa shape index (κ1) is 28.4. The number of nitrogens with one attached hydrogen (secondary N) is 2. The van der Waals surface area contributed by atoms with Gasteiger partial charge in [0.05, 0.1) is 33.5 Å². The molecule has 2 N–H and O–H groups in total. The number of nitrogens with zero attached hydrogens (tertiary/aromatic N) is 4. The number of para-hydroxylation sites is 2. The van der Waals surface area contributed by atoms with Gasteiger partial charge in [0.15, 0.2) is 0 Å². The molecule has 1 aromatic carbocycles. The molecule has 9 nitrogen and oxygen atoms in total. The summed E-state index contributed by atoms with van der Waals surface area (Å²) in [4.78, 5) is 46.4. The molecule has 12 heteroatoms. The van der Waals surface area contributed by atoms with E-state index in [1.165, 1.54) is 12.3 Å². The van der Waals surface area contributed by atoms with Gasteiger partial charge in [0, 0.05) is 25.3 Å². The second-order valence-electron chi connectivity index (χ2n) is 10.1. The number of imidazole rings is 1. The van der Waals surface area contributed by atoms with Crippen molar-refractivity contribution in [1.82, 2.24) is 29.7 Å². The normalized spacial score (nSPS) is 17.1. The smallest absolute Gasteiger partial charge is 0.333 e. The number of carbonyl (C=O) groups excluding carboxylic acids is 2. The van der Waals surface area contributed by atoms with Gasteiger partial charge in [-0.15, -0.1) is 0 Å². The van der Waals surface area contributed by atoms with Crippen LogP contribution in [-0.2, 0) is 6.54 Å². The molecule has 0 aliphatic heterocycles. The maximum atomic E-state index is 13.6. The van der Waals surface area contributed by atoms with Crippen LogP contribution in [0.15, 0.2) is 59.7 Å². The van der Waals surface area contributed by atoms with Gasteiger partial charge < -0.3 is 10.6 Å². The number of hydrogen-bond donors (Lipinski definition) is 2. The first-order chi connectivity index (χ1) is 19.8. The van der Waals surface area contributed by atoms with Crippen molar-refractivity contribution in [3.8, 4) is 5.69 Å². The highest BCUT2D eigenvalue weighted by Gasteiger charge is 2.27. The number of alkyl halides is 2. The van der Waals surface area contributed by atoms with Crippen LogP contribution in [0.5, 0.6) is 0 Å². The quantitative estimate of drug-likeness (QED) is 0.307. The molecular formula is C29H29ClF2N6O3. The number of rotatable bonds is 8. The highest BCUT2D eigenvalue weighted by atomic mass is 35.5. The van der Waals surface area contributed by atoms with E-state index in [1.54, 1.807) is 21.3 Å². The third-order valence-corrected chi connectivity index (χ3v) is 7.58. The van der Waals surface area contributed by atoms with Crippen molar-refractivity contribution >= 4 is 34.4 Å². The number of benzene rings is 1. The lowest BCUT2D eigenvalue weighted by molar-refractivity contribution is 0.0903. The Labute approximate surface area is 239 Å². The molecule has 4 aromatic rings. The molecule has 2 amide bonds. The van der Waals surface area contributed by atoms with E-state index in [9.17, 15) is 23.2 Å². The van der Waals surface area contributed by atoms with Crippen LogP contribution < -0.4 is 16.3 Å². The summed E-state index contributed by atoms with van der Waals surface area (Å²) >= 11 is 5.89. The van der Waals surface area contributed by atoms with E-state index < -0.39 is 18.0 Å².